The van der Waals surface area contributed by atoms with Crippen LogP contribution in [0.3, 0.4) is 0 Å². The van der Waals surface area contributed by atoms with Crippen molar-refractivity contribution < 1.29 is 9.18 Å². The molecule has 0 N–H and O–H groups in total. The van der Waals surface area contributed by atoms with Crippen LogP contribution in [-0.2, 0) is 11.3 Å². The van der Waals surface area contributed by atoms with Crippen molar-refractivity contribution in [1.29, 1.82) is 0 Å². The summed E-state index contributed by atoms with van der Waals surface area (Å²) in [5.41, 5.74) is 0.774. The van der Waals surface area contributed by atoms with Crippen molar-refractivity contribution in [3.63, 3.8) is 0 Å². The molecule has 5 heteroatoms. The molecule has 126 valence electrons. The average Bonchev–Trinajstić information content (AvgIpc) is 2.83. The van der Waals surface area contributed by atoms with Gasteiger partial charge in [0.15, 0.2) is 5.43 Å². The molecule has 0 radical (unpaired) electrons. The van der Waals surface area contributed by atoms with E-state index in [9.17, 15) is 14.0 Å². The van der Waals surface area contributed by atoms with Crippen molar-refractivity contribution in [1.82, 2.24) is 9.47 Å². The van der Waals surface area contributed by atoms with Crippen LogP contribution in [0.1, 0.15) is 37.3 Å². The third-order valence-electron chi connectivity index (χ3n) is 4.48. The predicted molar refractivity (Wildman–Crippen MR) is 90.0 cm³/mol. The topological polar surface area (TPSA) is 42.3 Å². The fraction of sp³-hybridized carbons (Fsp3) is 0.368. The summed E-state index contributed by atoms with van der Waals surface area (Å²) in [5, 5.41) is 0. The number of rotatable bonds is 3. The second-order valence-electron chi connectivity index (χ2n) is 6.21. The number of carbonyl (C=O) groups excluding carboxylic acids is 1. The van der Waals surface area contributed by atoms with Gasteiger partial charge in [-0.25, -0.2) is 4.39 Å². The molecule has 1 aliphatic rings. The average molecular weight is 328 g/mol. The summed E-state index contributed by atoms with van der Waals surface area (Å²) in [7, 11) is 0. The van der Waals surface area contributed by atoms with Crippen LogP contribution < -0.4 is 5.43 Å². The third-order valence-corrected chi connectivity index (χ3v) is 4.48. The van der Waals surface area contributed by atoms with Crippen LogP contribution in [0.25, 0.3) is 0 Å². The van der Waals surface area contributed by atoms with Gasteiger partial charge in [0.2, 0.25) is 5.91 Å². The van der Waals surface area contributed by atoms with E-state index in [-0.39, 0.29) is 29.7 Å². The van der Waals surface area contributed by atoms with E-state index >= 15 is 0 Å². The molecule has 1 aromatic heterocycles. The number of likely N-dealkylation sites (tertiary alicyclic amines) is 1. The Morgan fingerprint density at radius 3 is 2.67 bits per heavy atom. The molecule has 1 aliphatic heterocycles. The van der Waals surface area contributed by atoms with E-state index in [1.807, 2.05) is 11.0 Å². The minimum atomic E-state index is -0.274. The first-order valence-corrected chi connectivity index (χ1v) is 8.34. The first-order valence-electron chi connectivity index (χ1n) is 8.34. The van der Waals surface area contributed by atoms with Crippen molar-refractivity contribution in [2.24, 2.45) is 0 Å². The number of pyridine rings is 1. The molecule has 2 aromatic rings. The SMILES string of the molecule is O=C(Cn1ccc(=O)cc1)N1CCCCCC1c1cccc(F)c1. The van der Waals surface area contributed by atoms with Gasteiger partial charge in [0, 0.05) is 31.1 Å². The second-order valence-corrected chi connectivity index (χ2v) is 6.21. The van der Waals surface area contributed by atoms with E-state index in [1.54, 1.807) is 23.0 Å². The molecule has 1 aromatic carbocycles. The van der Waals surface area contributed by atoms with E-state index in [0.717, 1.165) is 31.2 Å². The Balaban J connectivity index is 1.82. The summed E-state index contributed by atoms with van der Waals surface area (Å²) < 4.78 is 15.3. The molecule has 0 spiro atoms. The highest BCUT2D eigenvalue weighted by Crippen LogP contribution is 2.30. The van der Waals surface area contributed by atoms with Gasteiger partial charge in [-0.05, 0) is 30.5 Å². The van der Waals surface area contributed by atoms with Gasteiger partial charge >= 0.3 is 0 Å². The zero-order valence-electron chi connectivity index (χ0n) is 13.5. The van der Waals surface area contributed by atoms with Crippen molar-refractivity contribution in [3.05, 3.63) is 70.4 Å². The van der Waals surface area contributed by atoms with Crippen LogP contribution in [-0.4, -0.2) is 21.9 Å². The predicted octanol–water partition coefficient (Wildman–Crippen LogP) is 3.13. The maximum Gasteiger partial charge on any atom is 0.242 e. The molecule has 1 unspecified atom stereocenters. The van der Waals surface area contributed by atoms with Gasteiger partial charge in [-0.3, -0.25) is 9.59 Å². The van der Waals surface area contributed by atoms with Crippen molar-refractivity contribution in [2.45, 2.75) is 38.3 Å². The van der Waals surface area contributed by atoms with Crippen LogP contribution in [0.2, 0.25) is 0 Å². The number of halogens is 1. The summed E-state index contributed by atoms with van der Waals surface area (Å²) in [6.45, 7) is 0.867. The number of hydrogen-bond acceptors (Lipinski definition) is 2. The van der Waals surface area contributed by atoms with Crippen LogP contribution in [0.4, 0.5) is 4.39 Å². The van der Waals surface area contributed by atoms with Crippen LogP contribution in [0.15, 0.2) is 53.6 Å². The maximum absolute atomic E-state index is 13.6. The van der Waals surface area contributed by atoms with Crippen LogP contribution in [0, 0.1) is 5.82 Å². The first-order chi connectivity index (χ1) is 11.6. The zero-order valence-corrected chi connectivity index (χ0v) is 13.5. The molecule has 1 fully saturated rings. The number of hydrogen-bond donors (Lipinski definition) is 0. The lowest BCUT2D eigenvalue weighted by Gasteiger charge is -2.31. The van der Waals surface area contributed by atoms with E-state index in [2.05, 4.69) is 0 Å². The summed E-state index contributed by atoms with van der Waals surface area (Å²) >= 11 is 0. The van der Waals surface area contributed by atoms with Gasteiger partial charge in [0.05, 0.1) is 6.04 Å². The number of benzene rings is 1. The Kier molecular flexibility index (Phi) is 5.08. The van der Waals surface area contributed by atoms with Gasteiger partial charge < -0.3 is 9.47 Å². The molecule has 0 bridgehead atoms. The monoisotopic (exact) mass is 328 g/mol. The van der Waals surface area contributed by atoms with Crippen molar-refractivity contribution in [3.8, 4) is 0 Å². The van der Waals surface area contributed by atoms with Crippen LogP contribution in [0.5, 0.6) is 0 Å². The Hall–Kier alpha value is -2.43. The molecular weight excluding hydrogens is 307 g/mol. The smallest absolute Gasteiger partial charge is 0.242 e. The number of nitrogens with zero attached hydrogens (tertiary/aromatic N) is 2. The second kappa shape index (κ2) is 7.43. The maximum atomic E-state index is 13.6. The Morgan fingerprint density at radius 1 is 1.12 bits per heavy atom. The van der Waals surface area contributed by atoms with E-state index in [1.165, 1.54) is 24.3 Å². The van der Waals surface area contributed by atoms with E-state index in [0.29, 0.717) is 6.54 Å². The number of aromatic nitrogens is 1. The van der Waals surface area contributed by atoms with Gasteiger partial charge in [-0.1, -0.05) is 25.0 Å². The first kappa shape index (κ1) is 16.4. The fourth-order valence-electron chi connectivity index (χ4n) is 3.26. The van der Waals surface area contributed by atoms with Crippen LogP contribution >= 0.6 is 0 Å². The highest BCUT2D eigenvalue weighted by atomic mass is 19.1. The molecule has 0 saturated carbocycles. The van der Waals surface area contributed by atoms with E-state index in [4.69, 9.17) is 0 Å². The molecule has 1 amide bonds. The summed E-state index contributed by atoms with van der Waals surface area (Å²) in [6, 6.07) is 9.33. The van der Waals surface area contributed by atoms with E-state index < -0.39 is 0 Å². The molecule has 4 nitrogen and oxygen atoms in total. The lowest BCUT2D eigenvalue weighted by molar-refractivity contribution is -0.134. The molecule has 2 heterocycles. The van der Waals surface area contributed by atoms with Gasteiger partial charge in [-0.15, -0.1) is 0 Å². The largest absolute Gasteiger partial charge is 0.345 e. The molecule has 0 aliphatic carbocycles. The zero-order chi connectivity index (χ0) is 16.9. The molecule has 24 heavy (non-hydrogen) atoms. The molecule has 1 saturated heterocycles. The molecular formula is C19H21FN2O2. The highest BCUT2D eigenvalue weighted by Gasteiger charge is 2.26. The summed E-state index contributed by atoms with van der Waals surface area (Å²) in [4.78, 5) is 25.8. The number of carbonyl (C=O) groups is 1. The Morgan fingerprint density at radius 2 is 1.92 bits per heavy atom. The molecule has 3 rings (SSSR count). The van der Waals surface area contributed by atoms with Gasteiger partial charge in [0.25, 0.3) is 0 Å². The standard InChI is InChI=1S/C19H21FN2O2/c20-16-6-4-5-15(13-16)18-7-2-1-3-10-22(18)19(24)14-21-11-8-17(23)9-12-21/h4-6,8-9,11-13,18H,1-3,7,10,14H2. The third kappa shape index (κ3) is 3.91. The summed E-state index contributed by atoms with van der Waals surface area (Å²) in [6.07, 6.45) is 7.15. The quantitative estimate of drug-likeness (QED) is 0.869. The molecule has 1 atom stereocenters. The summed E-state index contributed by atoms with van der Waals surface area (Å²) in [5.74, 6) is -0.278. The number of amides is 1. The fourth-order valence-corrected chi connectivity index (χ4v) is 3.26. The highest BCUT2D eigenvalue weighted by molar-refractivity contribution is 5.76. The normalized spacial score (nSPS) is 18.2. The van der Waals surface area contributed by atoms with Gasteiger partial charge in [-0.2, -0.15) is 0 Å². The van der Waals surface area contributed by atoms with Gasteiger partial charge in [0.1, 0.15) is 12.4 Å². The lowest BCUT2D eigenvalue weighted by Crippen LogP contribution is -2.37. The Bertz CT molecular complexity index is 751. The Labute approximate surface area is 140 Å². The van der Waals surface area contributed by atoms with Crippen molar-refractivity contribution >= 4 is 5.91 Å². The lowest BCUT2D eigenvalue weighted by atomic mass is 10.0. The minimum absolute atomic E-state index is 0.00481. The minimum Gasteiger partial charge on any atom is -0.345 e. The van der Waals surface area contributed by atoms with Crippen molar-refractivity contribution in [2.75, 3.05) is 6.54 Å².